The molecule has 4 nitrogen and oxygen atoms in total. The normalized spacial score (nSPS) is 11.1. The van der Waals surface area contributed by atoms with Gasteiger partial charge in [0, 0.05) is 5.39 Å². The third-order valence-electron chi connectivity index (χ3n) is 2.02. The first-order chi connectivity index (χ1) is 7.08. The minimum Gasteiger partial charge on any atom is -0.364 e. The molecule has 2 aromatic rings. The standard InChI is InChI=1S/C9H7F2N3O/c10-8(11)5-1-4-2-6(9(12)15)14-7(4)3-13-5/h1-3,8,14H,(H2,12,15). The van der Waals surface area contributed by atoms with E-state index in [0.29, 0.717) is 10.9 Å². The number of nitrogens with zero attached hydrogens (tertiary/aromatic N) is 1. The van der Waals surface area contributed by atoms with Crippen LogP contribution in [0.15, 0.2) is 18.3 Å². The minimum absolute atomic E-state index is 0.179. The van der Waals surface area contributed by atoms with Crippen LogP contribution in [-0.4, -0.2) is 15.9 Å². The van der Waals surface area contributed by atoms with Crippen LogP contribution >= 0.6 is 0 Å². The maximum atomic E-state index is 12.3. The van der Waals surface area contributed by atoms with Crippen molar-refractivity contribution in [3.8, 4) is 0 Å². The SMILES string of the molecule is NC(=O)c1cc2cc(C(F)F)ncc2[nH]1. The molecule has 2 aromatic heterocycles. The van der Waals surface area contributed by atoms with Gasteiger partial charge in [0.25, 0.3) is 12.3 Å². The molecule has 0 aliphatic rings. The number of fused-ring (bicyclic) bond motifs is 1. The maximum absolute atomic E-state index is 12.3. The van der Waals surface area contributed by atoms with Gasteiger partial charge >= 0.3 is 0 Å². The lowest BCUT2D eigenvalue weighted by Gasteiger charge is -1.96. The summed E-state index contributed by atoms with van der Waals surface area (Å²) < 4.78 is 24.6. The van der Waals surface area contributed by atoms with Gasteiger partial charge in [-0.3, -0.25) is 9.78 Å². The van der Waals surface area contributed by atoms with Gasteiger partial charge in [-0.05, 0) is 12.1 Å². The van der Waals surface area contributed by atoms with Crippen LogP contribution in [0, 0.1) is 0 Å². The van der Waals surface area contributed by atoms with E-state index in [2.05, 4.69) is 9.97 Å². The van der Waals surface area contributed by atoms with E-state index in [-0.39, 0.29) is 11.4 Å². The zero-order valence-electron chi connectivity index (χ0n) is 7.50. The third kappa shape index (κ3) is 1.65. The van der Waals surface area contributed by atoms with Gasteiger partial charge in [0.05, 0.1) is 11.7 Å². The second-order valence-electron chi connectivity index (χ2n) is 3.04. The van der Waals surface area contributed by atoms with Gasteiger partial charge in [0.1, 0.15) is 11.4 Å². The molecule has 0 fully saturated rings. The molecule has 2 heterocycles. The molecule has 0 aromatic carbocycles. The van der Waals surface area contributed by atoms with Crippen LogP contribution in [0.1, 0.15) is 22.6 Å². The molecule has 15 heavy (non-hydrogen) atoms. The highest BCUT2D eigenvalue weighted by atomic mass is 19.3. The highest BCUT2D eigenvalue weighted by Gasteiger charge is 2.11. The van der Waals surface area contributed by atoms with E-state index in [1.54, 1.807) is 0 Å². The number of halogens is 2. The number of nitrogens with two attached hydrogens (primary N) is 1. The summed E-state index contributed by atoms with van der Waals surface area (Å²) in [5.74, 6) is -0.634. The molecular weight excluding hydrogens is 204 g/mol. The number of alkyl halides is 2. The number of amides is 1. The van der Waals surface area contributed by atoms with Gasteiger partial charge in [-0.25, -0.2) is 8.78 Å². The lowest BCUT2D eigenvalue weighted by Crippen LogP contribution is -2.10. The number of aromatic amines is 1. The van der Waals surface area contributed by atoms with E-state index < -0.39 is 12.3 Å². The highest BCUT2D eigenvalue weighted by Crippen LogP contribution is 2.21. The van der Waals surface area contributed by atoms with E-state index in [1.165, 1.54) is 18.3 Å². The molecule has 78 valence electrons. The van der Waals surface area contributed by atoms with E-state index in [4.69, 9.17) is 5.73 Å². The fraction of sp³-hybridized carbons (Fsp3) is 0.111. The molecule has 0 radical (unpaired) electrons. The number of primary amides is 1. The molecule has 0 aliphatic heterocycles. The van der Waals surface area contributed by atoms with Crippen molar-refractivity contribution in [2.75, 3.05) is 0 Å². The van der Waals surface area contributed by atoms with Crippen molar-refractivity contribution in [2.45, 2.75) is 6.43 Å². The topological polar surface area (TPSA) is 71.8 Å². The third-order valence-corrected chi connectivity index (χ3v) is 2.02. The van der Waals surface area contributed by atoms with E-state index >= 15 is 0 Å². The Hall–Kier alpha value is -1.98. The first-order valence-corrected chi connectivity index (χ1v) is 4.14. The smallest absolute Gasteiger partial charge is 0.280 e. The van der Waals surface area contributed by atoms with Crippen LogP contribution in [0.3, 0.4) is 0 Å². The minimum atomic E-state index is -2.62. The van der Waals surface area contributed by atoms with Crippen molar-refractivity contribution >= 4 is 16.8 Å². The summed E-state index contributed by atoms with van der Waals surface area (Å²) >= 11 is 0. The molecule has 0 aliphatic carbocycles. The lowest BCUT2D eigenvalue weighted by molar-refractivity contribution is 0.0996. The Morgan fingerprint density at radius 1 is 1.47 bits per heavy atom. The second-order valence-corrected chi connectivity index (χ2v) is 3.04. The van der Waals surface area contributed by atoms with Gasteiger partial charge in [-0.2, -0.15) is 0 Å². The number of pyridine rings is 1. The van der Waals surface area contributed by atoms with Crippen molar-refractivity contribution in [2.24, 2.45) is 5.73 Å². The number of aromatic nitrogens is 2. The van der Waals surface area contributed by atoms with Crippen molar-refractivity contribution in [3.63, 3.8) is 0 Å². The largest absolute Gasteiger partial charge is 0.364 e. The number of hydrogen-bond donors (Lipinski definition) is 2. The van der Waals surface area contributed by atoms with Crippen LogP contribution in [-0.2, 0) is 0 Å². The first-order valence-electron chi connectivity index (χ1n) is 4.14. The number of H-pyrrole nitrogens is 1. The quantitative estimate of drug-likeness (QED) is 0.791. The van der Waals surface area contributed by atoms with Crippen LogP contribution in [0.25, 0.3) is 10.9 Å². The van der Waals surface area contributed by atoms with Crippen LogP contribution in [0.4, 0.5) is 8.78 Å². The van der Waals surface area contributed by atoms with Crippen LogP contribution in [0.5, 0.6) is 0 Å². The zero-order valence-corrected chi connectivity index (χ0v) is 7.50. The van der Waals surface area contributed by atoms with Crippen LogP contribution in [0.2, 0.25) is 0 Å². The number of rotatable bonds is 2. The molecule has 0 saturated heterocycles. The number of carbonyl (C=O) groups is 1. The van der Waals surface area contributed by atoms with E-state index in [0.717, 1.165) is 0 Å². The lowest BCUT2D eigenvalue weighted by atomic mass is 10.2. The Bertz CT molecular complexity index is 521. The molecule has 2 rings (SSSR count). The number of nitrogens with one attached hydrogen (secondary N) is 1. The number of carbonyl (C=O) groups excluding carboxylic acids is 1. The van der Waals surface area contributed by atoms with Crippen molar-refractivity contribution in [1.82, 2.24) is 9.97 Å². The molecule has 0 atom stereocenters. The van der Waals surface area contributed by atoms with Gasteiger partial charge in [-0.1, -0.05) is 0 Å². The average molecular weight is 211 g/mol. The summed E-state index contributed by atoms with van der Waals surface area (Å²) in [4.78, 5) is 17.0. The Morgan fingerprint density at radius 2 is 2.20 bits per heavy atom. The van der Waals surface area contributed by atoms with Crippen LogP contribution < -0.4 is 5.73 Å². The Labute approximate surface area is 83.1 Å². The van der Waals surface area contributed by atoms with Gasteiger partial charge in [0.2, 0.25) is 0 Å². The summed E-state index contributed by atoms with van der Waals surface area (Å²) in [5, 5.41) is 0.495. The van der Waals surface area contributed by atoms with Crippen molar-refractivity contribution in [3.05, 3.63) is 29.7 Å². The maximum Gasteiger partial charge on any atom is 0.280 e. The van der Waals surface area contributed by atoms with Gasteiger partial charge in [-0.15, -0.1) is 0 Å². The van der Waals surface area contributed by atoms with Gasteiger partial charge in [0.15, 0.2) is 0 Å². The average Bonchev–Trinajstić information content (AvgIpc) is 2.59. The van der Waals surface area contributed by atoms with Crippen molar-refractivity contribution < 1.29 is 13.6 Å². The van der Waals surface area contributed by atoms with E-state index in [9.17, 15) is 13.6 Å². The first kappa shape index (κ1) is 9.57. The second kappa shape index (κ2) is 3.30. The van der Waals surface area contributed by atoms with Crippen molar-refractivity contribution in [1.29, 1.82) is 0 Å². The Balaban J connectivity index is 2.57. The molecule has 1 amide bonds. The summed E-state index contributed by atoms with van der Waals surface area (Å²) in [6.45, 7) is 0. The molecule has 0 saturated carbocycles. The fourth-order valence-corrected chi connectivity index (χ4v) is 1.30. The molecule has 0 bridgehead atoms. The van der Waals surface area contributed by atoms with E-state index in [1.807, 2.05) is 0 Å². The zero-order chi connectivity index (χ0) is 11.0. The molecular formula is C9H7F2N3O. The predicted octanol–water partition coefficient (Wildman–Crippen LogP) is 1.60. The summed E-state index contributed by atoms with van der Waals surface area (Å²) in [7, 11) is 0. The number of hydrogen-bond acceptors (Lipinski definition) is 2. The Morgan fingerprint density at radius 3 is 2.80 bits per heavy atom. The fourth-order valence-electron chi connectivity index (χ4n) is 1.30. The molecule has 6 heteroatoms. The molecule has 0 spiro atoms. The van der Waals surface area contributed by atoms with Gasteiger partial charge < -0.3 is 10.7 Å². The predicted molar refractivity (Wildman–Crippen MR) is 49.6 cm³/mol. The monoisotopic (exact) mass is 211 g/mol. The summed E-state index contributed by atoms with van der Waals surface area (Å²) in [6.07, 6.45) is -1.37. The Kier molecular flexibility index (Phi) is 2.11. The molecule has 0 unspecified atom stereocenters. The molecule has 3 N–H and O–H groups in total. The summed E-state index contributed by atoms with van der Waals surface area (Å²) in [6, 6.07) is 2.65. The highest BCUT2D eigenvalue weighted by molar-refractivity contribution is 5.96. The summed E-state index contributed by atoms with van der Waals surface area (Å²) in [5.41, 5.74) is 5.40.